The SMILES string of the molecule is COC(CNC(=O)C1CCC1)CC(=O)O. The van der Waals surface area contributed by atoms with Crippen molar-refractivity contribution in [1.29, 1.82) is 0 Å². The molecule has 5 nitrogen and oxygen atoms in total. The maximum absolute atomic E-state index is 11.4. The number of hydrogen-bond donors (Lipinski definition) is 2. The van der Waals surface area contributed by atoms with E-state index < -0.39 is 12.1 Å². The molecule has 1 aliphatic carbocycles. The third kappa shape index (κ3) is 3.87. The van der Waals surface area contributed by atoms with E-state index in [1.54, 1.807) is 0 Å². The molecule has 1 amide bonds. The number of carbonyl (C=O) groups excluding carboxylic acids is 1. The molecule has 0 radical (unpaired) electrons. The van der Waals surface area contributed by atoms with Crippen LogP contribution in [0.5, 0.6) is 0 Å². The zero-order valence-corrected chi connectivity index (χ0v) is 8.86. The van der Waals surface area contributed by atoms with Crippen molar-refractivity contribution in [3.8, 4) is 0 Å². The van der Waals surface area contributed by atoms with Crippen LogP contribution in [-0.4, -0.2) is 36.7 Å². The molecule has 0 aromatic heterocycles. The molecular weight excluding hydrogens is 198 g/mol. The van der Waals surface area contributed by atoms with E-state index in [1.165, 1.54) is 7.11 Å². The van der Waals surface area contributed by atoms with E-state index in [-0.39, 0.29) is 24.8 Å². The van der Waals surface area contributed by atoms with Crippen molar-refractivity contribution >= 4 is 11.9 Å². The van der Waals surface area contributed by atoms with Crippen LogP contribution in [0.4, 0.5) is 0 Å². The van der Waals surface area contributed by atoms with E-state index in [1.807, 2.05) is 0 Å². The Bertz CT molecular complexity index is 238. The Morgan fingerprint density at radius 1 is 1.53 bits per heavy atom. The lowest BCUT2D eigenvalue weighted by Gasteiger charge is -2.25. The summed E-state index contributed by atoms with van der Waals surface area (Å²) in [5.74, 6) is -0.763. The van der Waals surface area contributed by atoms with E-state index in [4.69, 9.17) is 9.84 Å². The minimum Gasteiger partial charge on any atom is -0.481 e. The third-order valence-corrected chi connectivity index (χ3v) is 2.72. The smallest absolute Gasteiger partial charge is 0.306 e. The van der Waals surface area contributed by atoms with Crippen molar-refractivity contribution in [2.75, 3.05) is 13.7 Å². The Balaban J connectivity index is 2.20. The lowest BCUT2D eigenvalue weighted by molar-refractivity contribution is -0.140. The van der Waals surface area contributed by atoms with Crippen LogP contribution in [0.15, 0.2) is 0 Å². The van der Waals surface area contributed by atoms with Gasteiger partial charge in [-0.3, -0.25) is 9.59 Å². The fourth-order valence-electron chi connectivity index (χ4n) is 1.46. The van der Waals surface area contributed by atoms with Crippen LogP contribution >= 0.6 is 0 Å². The van der Waals surface area contributed by atoms with Gasteiger partial charge in [-0.05, 0) is 12.8 Å². The van der Waals surface area contributed by atoms with Gasteiger partial charge in [0.05, 0.1) is 12.5 Å². The van der Waals surface area contributed by atoms with Gasteiger partial charge in [0.25, 0.3) is 0 Å². The molecule has 86 valence electrons. The molecule has 1 fully saturated rings. The highest BCUT2D eigenvalue weighted by atomic mass is 16.5. The summed E-state index contributed by atoms with van der Waals surface area (Å²) in [6.45, 7) is 0.276. The average Bonchev–Trinajstić information content (AvgIpc) is 2.08. The molecule has 0 saturated heterocycles. The first kappa shape index (κ1) is 12.0. The number of methoxy groups -OCH3 is 1. The summed E-state index contributed by atoms with van der Waals surface area (Å²) in [6, 6.07) is 0. The monoisotopic (exact) mass is 215 g/mol. The highest BCUT2D eigenvalue weighted by Crippen LogP contribution is 2.26. The zero-order valence-electron chi connectivity index (χ0n) is 8.86. The average molecular weight is 215 g/mol. The predicted molar refractivity (Wildman–Crippen MR) is 53.4 cm³/mol. The molecule has 0 aromatic rings. The summed E-state index contributed by atoms with van der Waals surface area (Å²) in [5.41, 5.74) is 0. The van der Waals surface area contributed by atoms with Gasteiger partial charge in [0, 0.05) is 19.6 Å². The van der Waals surface area contributed by atoms with Crippen LogP contribution in [0.3, 0.4) is 0 Å². The predicted octanol–water partition coefficient (Wildman–Crippen LogP) is 0.392. The molecule has 5 heteroatoms. The first-order valence-electron chi connectivity index (χ1n) is 5.15. The first-order chi connectivity index (χ1) is 7.13. The number of carbonyl (C=O) groups is 2. The topological polar surface area (TPSA) is 75.6 Å². The maximum atomic E-state index is 11.4. The van der Waals surface area contributed by atoms with Crippen LogP contribution in [-0.2, 0) is 14.3 Å². The second kappa shape index (κ2) is 5.70. The zero-order chi connectivity index (χ0) is 11.3. The van der Waals surface area contributed by atoms with Crippen molar-refractivity contribution < 1.29 is 19.4 Å². The number of ether oxygens (including phenoxy) is 1. The van der Waals surface area contributed by atoms with Gasteiger partial charge in [-0.2, -0.15) is 0 Å². The van der Waals surface area contributed by atoms with Crippen molar-refractivity contribution in [1.82, 2.24) is 5.32 Å². The van der Waals surface area contributed by atoms with Gasteiger partial charge < -0.3 is 15.2 Å². The minimum atomic E-state index is -0.917. The van der Waals surface area contributed by atoms with Crippen LogP contribution in [0.2, 0.25) is 0 Å². The largest absolute Gasteiger partial charge is 0.481 e. The first-order valence-corrected chi connectivity index (χ1v) is 5.15. The summed E-state index contributed by atoms with van der Waals surface area (Å²) >= 11 is 0. The van der Waals surface area contributed by atoms with Crippen molar-refractivity contribution in [3.63, 3.8) is 0 Å². The molecule has 0 aliphatic heterocycles. The second-order valence-electron chi connectivity index (χ2n) is 3.83. The van der Waals surface area contributed by atoms with Crippen LogP contribution in [0.1, 0.15) is 25.7 Å². The van der Waals surface area contributed by atoms with Crippen LogP contribution in [0.25, 0.3) is 0 Å². The molecule has 1 unspecified atom stereocenters. The molecule has 1 saturated carbocycles. The Labute approximate surface area is 88.8 Å². The van der Waals surface area contributed by atoms with E-state index in [9.17, 15) is 9.59 Å². The van der Waals surface area contributed by atoms with Gasteiger partial charge in [0.15, 0.2) is 0 Å². The van der Waals surface area contributed by atoms with Gasteiger partial charge in [0.1, 0.15) is 0 Å². The summed E-state index contributed by atoms with van der Waals surface area (Å²) in [5, 5.41) is 11.3. The molecule has 2 N–H and O–H groups in total. The summed E-state index contributed by atoms with van der Waals surface area (Å²) in [6.07, 6.45) is 2.49. The Morgan fingerprint density at radius 2 is 2.20 bits per heavy atom. The number of nitrogens with one attached hydrogen (secondary N) is 1. The highest BCUT2D eigenvalue weighted by Gasteiger charge is 2.25. The molecule has 15 heavy (non-hydrogen) atoms. The standard InChI is InChI=1S/C10H17NO4/c1-15-8(5-9(12)13)6-11-10(14)7-3-2-4-7/h7-8H,2-6H2,1H3,(H,11,14)(H,12,13). The number of amides is 1. The number of rotatable bonds is 6. The summed E-state index contributed by atoms with van der Waals surface area (Å²) < 4.78 is 4.95. The van der Waals surface area contributed by atoms with Crippen molar-refractivity contribution in [2.45, 2.75) is 31.8 Å². The van der Waals surface area contributed by atoms with Gasteiger partial charge in [0.2, 0.25) is 5.91 Å². The van der Waals surface area contributed by atoms with Gasteiger partial charge in [-0.15, -0.1) is 0 Å². The fourth-order valence-corrected chi connectivity index (χ4v) is 1.46. The van der Waals surface area contributed by atoms with Crippen molar-refractivity contribution in [3.05, 3.63) is 0 Å². The molecule has 0 spiro atoms. The number of aliphatic carboxylic acids is 1. The fraction of sp³-hybridized carbons (Fsp3) is 0.800. The van der Waals surface area contributed by atoms with Gasteiger partial charge >= 0.3 is 5.97 Å². The van der Waals surface area contributed by atoms with Crippen molar-refractivity contribution in [2.24, 2.45) is 5.92 Å². The number of carboxylic acids is 1. The summed E-state index contributed by atoms with van der Waals surface area (Å²) in [7, 11) is 1.45. The van der Waals surface area contributed by atoms with Gasteiger partial charge in [-0.1, -0.05) is 6.42 Å². The van der Waals surface area contributed by atoms with E-state index in [0.717, 1.165) is 19.3 Å². The highest BCUT2D eigenvalue weighted by molar-refractivity contribution is 5.79. The lowest BCUT2D eigenvalue weighted by Crippen LogP contribution is -2.39. The minimum absolute atomic E-state index is 0.0219. The Hall–Kier alpha value is -1.10. The normalized spacial score (nSPS) is 17.9. The molecule has 1 rings (SSSR count). The molecule has 0 bridgehead atoms. The quantitative estimate of drug-likeness (QED) is 0.672. The van der Waals surface area contributed by atoms with E-state index >= 15 is 0 Å². The maximum Gasteiger partial charge on any atom is 0.306 e. The second-order valence-corrected chi connectivity index (χ2v) is 3.83. The molecule has 0 heterocycles. The third-order valence-electron chi connectivity index (χ3n) is 2.72. The molecular formula is C10H17NO4. The lowest BCUT2D eigenvalue weighted by atomic mass is 9.85. The van der Waals surface area contributed by atoms with E-state index in [2.05, 4.69) is 5.32 Å². The van der Waals surface area contributed by atoms with Crippen LogP contribution < -0.4 is 5.32 Å². The van der Waals surface area contributed by atoms with Gasteiger partial charge in [-0.25, -0.2) is 0 Å². The van der Waals surface area contributed by atoms with Crippen LogP contribution in [0, 0.1) is 5.92 Å². The number of carboxylic acid groups (broad SMARTS) is 1. The molecule has 1 aliphatic rings. The number of hydrogen-bond acceptors (Lipinski definition) is 3. The molecule has 1 atom stereocenters. The van der Waals surface area contributed by atoms with E-state index in [0.29, 0.717) is 0 Å². The Morgan fingerprint density at radius 3 is 2.60 bits per heavy atom. The Kier molecular flexibility index (Phi) is 4.55. The molecule has 0 aromatic carbocycles. The summed E-state index contributed by atoms with van der Waals surface area (Å²) in [4.78, 5) is 21.8.